The highest BCUT2D eigenvalue weighted by molar-refractivity contribution is 6.09. The van der Waals surface area contributed by atoms with Gasteiger partial charge in [-0.15, -0.1) is 0 Å². The van der Waals surface area contributed by atoms with Crippen molar-refractivity contribution in [3.8, 4) is 5.75 Å². The van der Waals surface area contributed by atoms with Gasteiger partial charge in [0.25, 0.3) is 0 Å². The number of hydrogen-bond acceptors (Lipinski definition) is 20. The Hall–Kier alpha value is -13.6. The van der Waals surface area contributed by atoms with Crippen LogP contribution >= 0.6 is 0 Å². The first-order chi connectivity index (χ1) is 60.5. The van der Waals surface area contributed by atoms with Crippen LogP contribution < -0.4 is 81.4 Å². The molecule has 0 saturated carbocycles. The summed E-state index contributed by atoms with van der Waals surface area (Å²) in [5, 5.41) is 57.5. The van der Waals surface area contributed by atoms with Gasteiger partial charge in [-0.1, -0.05) is 132 Å². The number of carboxylic acids is 1. The van der Waals surface area contributed by atoms with Crippen molar-refractivity contribution in [3.05, 3.63) is 155 Å². The Bertz CT molecular complexity index is 4830. The highest BCUT2D eigenvalue weighted by Crippen LogP contribution is 2.25. The number of aromatic nitrogens is 3. The number of nitrogens with one attached hydrogen (secondary N) is 14. The number of carbonyl (C=O) groups excluding carboxylic acids is 15. The Labute approximate surface area is 734 Å². The van der Waals surface area contributed by atoms with E-state index in [9.17, 15) is 82.1 Å². The van der Waals surface area contributed by atoms with Crippen molar-refractivity contribution in [1.29, 1.82) is 5.41 Å². The second-order valence-corrected chi connectivity index (χ2v) is 32.9. The second kappa shape index (κ2) is 48.6. The van der Waals surface area contributed by atoms with Crippen molar-refractivity contribution in [1.82, 2.24) is 83.2 Å². The maximum Gasteiger partial charge on any atom is 0.326 e. The quantitative estimate of drug-likeness (QED) is 0.0104. The molecular weight excluding hydrogens is 1640 g/mol. The SMILES string of the molecule is CCCC[C@H](NC(=O)[C@@H]1CCCN1C(=O)[C@H](CCC(N)=O)NC(=O)CNC(=O)[C@@H]1CCCN1C(=O)[C@H](CCCNC(=N)N)NC(=O)[C@H](CC(C)C)NC(=O)[C@H](CCC(N)=O)NC(=O)[C@H](CC(C)C)NC(=O)[C@H](Cc1c[nH]c2ccccc12)NC(=O)[C@H](Cc1cnc[nH]1)NC(=O)[C@@H](N)Cc1ccc(C(=O)c2ccccc2)cc1)C(=O)N[C@@H](Cc1ccc(O)cc1)C(=O)O. The standard InChI is InChI=1S/C88H119N21O18/c1-6-7-19-61(77(116)107-69(87(126)127)42-52-26-30-57(110)31-27-52)101-84(123)71-23-15-38-109(71)86(125)64(33-35-73(91)112)99-74(113)47-97-83(122)70-22-14-37-108(70)85(124)63(21-13-36-95-88(92)93)102-80(119)66(40-50(4)5)104-78(117)62(32-34-72(90)111)100-79(118)65(39-49(2)3)105-81(120)67(43-55-45-96-60-20-12-11-18-58(55)60)106-82(121)68(44-56-46-94-48-98-56)103-76(115)59(89)41-51-24-28-54(29-25-51)75(114)53-16-9-8-10-17-53/h8-12,16-18,20,24-31,45-46,48-50,59,61-71,96,110H,6-7,13-15,19,21-23,32-44,47,89H2,1-5H3,(H2,90,111)(H2,91,112)(H,94,98)(H,97,122)(H,99,113)(H,100,118)(H,101,123)(H,102,119)(H,103,115)(H,104,117)(H,105,120)(H,106,121)(H,107,116)(H,126,127)(H4,92,93,95)/t59-,61-,62-,63-,64-,65-,66-,67-,68-,69-,70-,71-/m0/s1. The number of aliphatic carboxylic acids is 1. The molecule has 2 saturated heterocycles. The average Bonchev–Trinajstić information content (AvgIpc) is 1.71. The minimum absolute atomic E-state index is 0.000746. The van der Waals surface area contributed by atoms with Gasteiger partial charge in [-0.25, -0.2) is 9.78 Å². The minimum atomic E-state index is -1.62. The topological polar surface area (TPSA) is 625 Å². The smallest absolute Gasteiger partial charge is 0.326 e. The zero-order valence-corrected chi connectivity index (χ0v) is 72.0. The fraction of sp³-hybridized carbons (Fsp3) is 0.477. The number of para-hydroxylation sites is 1. The van der Waals surface area contributed by atoms with Crippen LogP contribution in [-0.4, -0.2) is 234 Å². The Kier molecular flexibility index (Phi) is 37.8. The number of hydrogen-bond donors (Lipinski definition) is 20. The van der Waals surface area contributed by atoms with Gasteiger partial charge in [-0.3, -0.25) is 77.3 Å². The number of phenols is 1. The molecule has 684 valence electrons. The van der Waals surface area contributed by atoms with E-state index in [2.05, 4.69) is 73.4 Å². The third kappa shape index (κ3) is 30.6. The number of rotatable bonds is 50. The van der Waals surface area contributed by atoms with Crippen LogP contribution in [0, 0.1) is 17.2 Å². The molecule has 2 aliphatic rings. The van der Waals surface area contributed by atoms with Crippen LogP contribution in [0.25, 0.3) is 10.9 Å². The number of benzene rings is 4. The van der Waals surface area contributed by atoms with Crippen LogP contribution in [0.4, 0.5) is 0 Å². The summed E-state index contributed by atoms with van der Waals surface area (Å²) in [5.74, 6) is -14.4. The lowest BCUT2D eigenvalue weighted by atomic mass is 9.99. The van der Waals surface area contributed by atoms with Gasteiger partial charge in [0, 0.05) is 91.9 Å². The van der Waals surface area contributed by atoms with Crippen LogP contribution in [0.2, 0.25) is 0 Å². The number of primary amides is 2. The van der Waals surface area contributed by atoms with Crippen molar-refractivity contribution in [2.45, 2.75) is 229 Å². The van der Waals surface area contributed by atoms with E-state index in [1.165, 1.54) is 46.6 Å². The summed E-state index contributed by atoms with van der Waals surface area (Å²) in [6.45, 7) is 8.13. The lowest BCUT2D eigenvalue weighted by molar-refractivity contribution is -0.144. The van der Waals surface area contributed by atoms with Gasteiger partial charge in [-0.2, -0.15) is 0 Å². The number of H-pyrrole nitrogens is 2. The number of amides is 14. The van der Waals surface area contributed by atoms with E-state index in [0.29, 0.717) is 63.7 Å². The van der Waals surface area contributed by atoms with Crippen molar-refractivity contribution < 1.29 is 86.9 Å². The maximum atomic E-state index is 15.1. The molecule has 2 aliphatic heterocycles. The number of aromatic hydroxyl groups is 1. The van der Waals surface area contributed by atoms with E-state index in [1.807, 2.05) is 13.0 Å². The molecule has 2 aromatic heterocycles. The molecule has 127 heavy (non-hydrogen) atoms. The van der Waals surface area contributed by atoms with E-state index in [1.54, 1.807) is 107 Å². The number of unbranched alkanes of at least 4 members (excludes halogenated alkanes) is 1. The zero-order chi connectivity index (χ0) is 92.6. The molecule has 8 rings (SSSR count). The van der Waals surface area contributed by atoms with E-state index >= 15 is 4.79 Å². The molecule has 0 aliphatic carbocycles. The minimum Gasteiger partial charge on any atom is -0.508 e. The summed E-state index contributed by atoms with van der Waals surface area (Å²) in [7, 11) is 0. The van der Waals surface area contributed by atoms with Gasteiger partial charge >= 0.3 is 5.97 Å². The molecular formula is C88H119N21O18. The van der Waals surface area contributed by atoms with Gasteiger partial charge in [0.15, 0.2) is 11.7 Å². The van der Waals surface area contributed by atoms with E-state index in [-0.39, 0.29) is 126 Å². The van der Waals surface area contributed by atoms with E-state index in [4.69, 9.17) is 28.3 Å². The van der Waals surface area contributed by atoms with E-state index in [0.717, 1.165) is 0 Å². The number of phenolic OH excluding ortho intramolecular Hbond substituents is 1. The summed E-state index contributed by atoms with van der Waals surface area (Å²) in [6.07, 6.45) is 4.12. The van der Waals surface area contributed by atoms with Crippen molar-refractivity contribution in [2.24, 2.45) is 34.8 Å². The highest BCUT2D eigenvalue weighted by atomic mass is 16.4. The first-order valence-corrected chi connectivity index (χ1v) is 42.8. The van der Waals surface area contributed by atoms with Gasteiger partial charge in [0.1, 0.15) is 72.2 Å². The third-order valence-corrected chi connectivity index (χ3v) is 21.9. The summed E-state index contributed by atoms with van der Waals surface area (Å²) >= 11 is 0. The van der Waals surface area contributed by atoms with Crippen LogP contribution in [0.1, 0.15) is 169 Å². The largest absolute Gasteiger partial charge is 0.508 e. The predicted molar refractivity (Wildman–Crippen MR) is 466 cm³/mol. The molecule has 14 amide bonds. The molecule has 6 aromatic rings. The number of nitrogens with two attached hydrogens (primary N) is 4. The predicted octanol–water partition coefficient (Wildman–Crippen LogP) is 0.0482. The summed E-state index contributed by atoms with van der Waals surface area (Å²) in [5.41, 5.74) is 27.0. The van der Waals surface area contributed by atoms with Crippen LogP contribution in [0.15, 0.2) is 122 Å². The van der Waals surface area contributed by atoms with Crippen molar-refractivity contribution in [3.63, 3.8) is 0 Å². The van der Waals surface area contributed by atoms with Gasteiger partial charge < -0.3 is 111 Å². The average molecular weight is 1760 g/mol. The lowest BCUT2D eigenvalue weighted by Gasteiger charge is -2.31. The molecule has 24 N–H and O–H groups in total. The highest BCUT2D eigenvalue weighted by Gasteiger charge is 2.43. The normalized spacial score (nSPS) is 16.0. The van der Waals surface area contributed by atoms with Gasteiger partial charge in [-0.05, 0) is 124 Å². The van der Waals surface area contributed by atoms with Crippen molar-refractivity contribution >= 4 is 111 Å². The molecule has 2 fully saturated rings. The zero-order valence-electron chi connectivity index (χ0n) is 72.0. The Balaban J connectivity index is 0.939. The van der Waals surface area contributed by atoms with Crippen molar-refractivity contribution in [2.75, 3.05) is 26.2 Å². The number of likely N-dealkylation sites (tertiary alicyclic amines) is 2. The number of fused-ring (bicyclic) bond motifs is 1. The first-order valence-electron chi connectivity index (χ1n) is 42.8. The number of aromatic amines is 2. The molecule has 12 atom stereocenters. The lowest BCUT2D eigenvalue weighted by Crippen LogP contribution is -2.61. The number of carbonyl (C=O) groups is 16. The molecule has 39 nitrogen and oxygen atoms in total. The molecule has 0 bridgehead atoms. The molecule has 0 spiro atoms. The Morgan fingerprint density at radius 1 is 0.504 bits per heavy atom. The third-order valence-electron chi connectivity index (χ3n) is 21.9. The Morgan fingerprint density at radius 2 is 0.984 bits per heavy atom. The van der Waals surface area contributed by atoms with Gasteiger partial charge in [0.05, 0.1) is 18.9 Å². The molecule has 4 aromatic carbocycles. The number of imidazole rings is 1. The molecule has 0 radical (unpaired) electrons. The summed E-state index contributed by atoms with van der Waals surface area (Å²) < 4.78 is 0. The van der Waals surface area contributed by atoms with Gasteiger partial charge in [0.2, 0.25) is 82.7 Å². The number of carboxylic acid groups (broad SMARTS) is 1. The van der Waals surface area contributed by atoms with Crippen LogP contribution in [0.3, 0.4) is 0 Å². The number of nitrogens with zero attached hydrogens (tertiary/aromatic N) is 3. The maximum absolute atomic E-state index is 15.1. The second-order valence-electron chi connectivity index (χ2n) is 32.9. The fourth-order valence-electron chi connectivity index (χ4n) is 15.2. The monoisotopic (exact) mass is 1760 g/mol. The molecule has 4 heterocycles. The summed E-state index contributed by atoms with van der Waals surface area (Å²) in [4.78, 5) is 237. The van der Waals surface area contributed by atoms with Crippen LogP contribution in [-0.2, 0) is 97.6 Å². The Morgan fingerprint density at radius 3 is 1.55 bits per heavy atom. The first kappa shape index (κ1) is 98.8. The number of guanidine groups is 1. The molecule has 0 unspecified atom stereocenters. The number of ketones is 1. The van der Waals surface area contributed by atoms with E-state index < -0.39 is 193 Å². The molecule has 39 heteroatoms. The summed E-state index contributed by atoms with van der Waals surface area (Å²) in [6, 6.07) is 11.7. The van der Waals surface area contributed by atoms with Crippen LogP contribution in [0.5, 0.6) is 5.75 Å². The fourth-order valence-corrected chi connectivity index (χ4v) is 15.2.